The van der Waals surface area contributed by atoms with E-state index in [1.165, 1.54) is 0 Å². The van der Waals surface area contributed by atoms with Gasteiger partial charge in [0.1, 0.15) is 0 Å². The Bertz CT molecular complexity index is 401. The number of hydrogen-bond acceptors (Lipinski definition) is 2. The molecule has 1 amide bonds. The summed E-state index contributed by atoms with van der Waals surface area (Å²) in [6, 6.07) is 8.09. The van der Waals surface area contributed by atoms with Gasteiger partial charge in [-0.05, 0) is 44.0 Å². The van der Waals surface area contributed by atoms with Gasteiger partial charge < -0.3 is 10.6 Å². The van der Waals surface area contributed by atoms with E-state index in [1.807, 2.05) is 31.3 Å². The molecule has 1 rings (SSSR count). The number of rotatable bonds is 7. The Hall–Kier alpha value is -1.35. The highest BCUT2D eigenvalue weighted by Gasteiger charge is 2.17. The summed E-state index contributed by atoms with van der Waals surface area (Å²) in [5, 5.41) is 6.26. The first-order valence-electron chi connectivity index (χ1n) is 7.13. The van der Waals surface area contributed by atoms with Gasteiger partial charge in [-0.1, -0.05) is 39.0 Å². The predicted octanol–water partition coefficient (Wildman–Crippen LogP) is 2.61. The molecule has 0 aliphatic carbocycles. The molecule has 0 bridgehead atoms. The number of carbonyl (C=O) groups excluding carboxylic acids is 1. The molecule has 0 aromatic heterocycles. The molecule has 1 unspecified atom stereocenters. The predicted molar refractivity (Wildman–Crippen MR) is 80.5 cm³/mol. The molecule has 0 saturated heterocycles. The third kappa shape index (κ3) is 4.67. The van der Waals surface area contributed by atoms with Crippen LogP contribution in [0.1, 0.15) is 43.1 Å². The third-order valence-corrected chi connectivity index (χ3v) is 3.47. The number of nitrogens with one attached hydrogen (secondary N) is 2. The fourth-order valence-electron chi connectivity index (χ4n) is 2.21. The van der Waals surface area contributed by atoms with E-state index in [0.717, 1.165) is 30.5 Å². The minimum absolute atomic E-state index is 0.0484. The van der Waals surface area contributed by atoms with Crippen molar-refractivity contribution in [2.24, 2.45) is 5.92 Å². The van der Waals surface area contributed by atoms with E-state index in [4.69, 9.17) is 0 Å². The van der Waals surface area contributed by atoms with Crippen molar-refractivity contribution in [2.75, 3.05) is 13.6 Å². The quantitative estimate of drug-likeness (QED) is 0.793. The highest BCUT2D eigenvalue weighted by Crippen LogP contribution is 2.12. The van der Waals surface area contributed by atoms with Crippen LogP contribution in [0.4, 0.5) is 0 Å². The van der Waals surface area contributed by atoms with Crippen LogP contribution in [-0.2, 0) is 6.42 Å². The molecule has 0 saturated carbocycles. The molecule has 0 radical (unpaired) electrons. The molecule has 0 heterocycles. The second kappa shape index (κ2) is 7.95. The molecule has 2 N–H and O–H groups in total. The maximum Gasteiger partial charge on any atom is 0.251 e. The lowest BCUT2D eigenvalue weighted by atomic mass is 9.99. The van der Waals surface area contributed by atoms with Crippen molar-refractivity contribution in [1.29, 1.82) is 0 Å². The highest BCUT2D eigenvalue weighted by atomic mass is 16.1. The van der Waals surface area contributed by atoms with Crippen LogP contribution in [0, 0.1) is 5.92 Å². The molecule has 0 spiro atoms. The molecule has 3 heteroatoms. The monoisotopic (exact) mass is 262 g/mol. The minimum atomic E-state index is 0.0484. The van der Waals surface area contributed by atoms with Crippen LogP contribution in [0.15, 0.2) is 24.3 Å². The average molecular weight is 262 g/mol. The average Bonchev–Trinajstić information content (AvgIpc) is 2.42. The first-order chi connectivity index (χ1) is 9.10. The first-order valence-corrected chi connectivity index (χ1v) is 7.13. The maximum absolute atomic E-state index is 12.4. The van der Waals surface area contributed by atoms with E-state index in [0.29, 0.717) is 5.92 Å². The Labute approximate surface area is 116 Å². The van der Waals surface area contributed by atoms with E-state index in [-0.39, 0.29) is 11.9 Å². The summed E-state index contributed by atoms with van der Waals surface area (Å²) in [4.78, 5) is 12.4. The topological polar surface area (TPSA) is 41.1 Å². The smallest absolute Gasteiger partial charge is 0.251 e. The van der Waals surface area contributed by atoms with Crippen molar-refractivity contribution in [3.05, 3.63) is 35.4 Å². The van der Waals surface area contributed by atoms with Crippen molar-refractivity contribution in [2.45, 2.75) is 39.7 Å². The molecular weight excluding hydrogens is 236 g/mol. The Morgan fingerprint density at radius 1 is 1.26 bits per heavy atom. The summed E-state index contributed by atoms with van der Waals surface area (Å²) in [6.07, 6.45) is 1.83. The van der Waals surface area contributed by atoms with Crippen LogP contribution in [-0.4, -0.2) is 25.5 Å². The number of amides is 1. The van der Waals surface area contributed by atoms with Gasteiger partial charge in [-0.25, -0.2) is 0 Å². The minimum Gasteiger partial charge on any atom is -0.349 e. The van der Waals surface area contributed by atoms with Crippen LogP contribution >= 0.6 is 0 Å². The molecule has 1 aromatic rings. The van der Waals surface area contributed by atoms with Crippen molar-refractivity contribution >= 4 is 5.91 Å². The van der Waals surface area contributed by atoms with Crippen molar-refractivity contribution < 1.29 is 4.79 Å². The van der Waals surface area contributed by atoms with Crippen LogP contribution in [0.2, 0.25) is 0 Å². The van der Waals surface area contributed by atoms with Gasteiger partial charge in [0.2, 0.25) is 0 Å². The van der Waals surface area contributed by atoms with Crippen LogP contribution in [0.5, 0.6) is 0 Å². The third-order valence-electron chi connectivity index (χ3n) is 3.47. The van der Waals surface area contributed by atoms with Crippen molar-refractivity contribution in [3.8, 4) is 0 Å². The van der Waals surface area contributed by atoms with Gasteiger partial charge in [0.15, 0.2) is 0 Å². The molecule has 1 aromatic carbocycles. The number of benzene rings is 1. The zero-order valence-corrected chi connectivity index (χ0v) is 12.5. The van der Waals surface area contributed by atoms with Crippen LogP contribution in [0.3, 0.4) is 0 Å². The number of carbonyl (C=O) groups is 1. The summed E-state index contributed by atoms with van der Waals surface area (Å²) in [6.45, 7) is 7.27. The second-order valence-corrected chi connectivity index (χ2v) is 5.24. The van der Waals surface area contributed by atoms with E-state index in [9.17, 15) is 4.79 Å². The Kier molecular flexibility index (Phi) is 6.57. The van der Waals surface area contributed by atoms with E-state index in [2.05, 4.69) is 31.4 Å². The molecule has 3 nitrogen and oxygen atoms in total. The summed E-state index contributed by atoms with van der Waals surface area (Å²) in [5.41, 5.74) is 1.91. The van der Waals surface area contributed by atoms with Gasteiger partial charge in [0, 0.05) is 11.6 Å². The summed E-state index contributed by atoms with van der Waals surface area (Å²) < 4.78 is 0. The van der Waals surface area contributed by atoms with Gasteiger partial charge in [-0.15, -0.1) is 0 Å². The number of hydrogen-bond donors (Lipinski definition) is 2. The van der Waals surface area contributed by atoms with Gasteiger partial charge in [0.05, 0.1) is 0 Å². The van der Waals surface area contributed by atoms with E-state index < -0.39 is 0 Å². The lowest BCUT2D eigenvalue weighted by Crippen LogP contribution is -2.38. The van der Waals surface area contributed by atoms with Gasteiger partial charge in [0.25, 0.3) is 5.91 Å². The molecule has 1 atom stereocenters. The Morgan fingerprint density at radius 3 is 2.53 bits per heavy atom. The molecule has 0 aliphatic heterocycles. The molecular formula is C16H26N2O. The zero-order valence-electron chi connectivity index (χ0n) is 12.5. The zero-order chi connectivity index (χ0) is 14.3. The first kappa shape index (κ1) is 15.7. The molecule has 106 valence electrons. The molecule has 19 heavy (non-hydrogen) atoms. The molecule has 0 aliphatic rings. The molecule has 0 fully saturated rings. The fraction of sp³-hybridized carbons (Fsp3) is 0.562. The number of likely N-dealkylation sites (N-methyl/N-ethyl adjacent to an activating group) is 1. The Morgan fingerprint density at radius 2 is 1.95 bits per heavy atom. The Balaban J connectivity index is 2.81. The lowest BCUT2D eigenvalue weighted by molar-refractivity contribution is 0.0923. The van der Waals surface area contributed by atoms with E-state index >= 15 is 0 Å². The van der Waals surface area contributed by atoms with Gasteiger partial charge in [-0.3, -0.25) is 4.79 Å². The summed E-state index contributed by atoms with van der Waals surface area (Å²) >= 11 is 0. The fourth-order valence-corrected chi connectivity index (χ4v) is 2.21. The summed E-state index contributed by atoms with van der Waals surface area (Å²) in [5.74, 6) is 0.505. The largest absolute Gasteiger partial charge is 0.349 e. The van der Waals surface area contributed by atoms with Crippen LogP contribution < -0.4 is 10.6 Å². The maximum atomic E-state index is 12.4. The summed E-state index contributed by atoms with van der Waals surface area (Å²) in [7, 11) is 1.93. The van der Waals surface area contributed by atoms with Crippen molar-refractivity contribution in [3.63, 3.8) is 0 Å². The van der Waals surface area contributed by atoms with Crippen molar-refractivity contribution in [1.82, 2.24) is 10.6 Å². The van der Waals surface area contributed by atoms with Gasteiger partial charge in [-0.2, -0.15) is 0 Å². The van der Waals surface area contributed by atoms with Crippen LogP contribution in [0.25, 0.3) is 0 Å². The standard InChI is InChI=1S/C16H26N2O/c1-5-15(12(2)3)18-16(19)14-9-7-6-8-13(14)10-11-17-4/h6-9,12,15,17H,5,10-11H2,1-4H3,(H,18,19). The van der Waals surface area contributed by atoms with E-state index in [1.54, 1.807) is 0 Å². The van der Waals surface area contributed by atoms with Gasteiger partial charge >= 0.3 is 0 Å². The lowest BCUT2D eigenvalue weighted by Gasteiger charge is -2.21. The highest BCUT2D eigenvalue weighted by molar-refractivity contribution is 5.95. The second-order valence-electron chi connectivity index (χ2n) is 5.24. The SMILES string of the molecule is CCC(NC(=O)c1ccccc1CCNC)C(C)C. The normalized spacial score (nSPS) is 12.5.